The number of thioether (sulfide) groups is 1. The monoisotopic (exact) mass is 403 g/mol. The molecule has 0 N–H and O–H groups in total. The number of thiocarbonyl (C=S) groups is 1. The van der Waals surface area contributed by atoms with Crippen molar-refractivity contribution >= 4 is 40.3 Å². The maximum Gasteiger partial charge on any atom is 0.266 e. The molecule has 1 atom stereocenters. The van der Waals surface area contributed by atoms with Gasteiger partial charge in [0.25, 0.3) is 5.91 Å². The van der Waals surface area contributed by atoms with E-state index in [0.717, 1.165) is 25.0 Å². The van der Waals surface area contributed by atoms with Crippen LogP contribution in [0.1, 0.15) is 25.3 Å². The summed E-state index contributed by atoms with van der Waals surface area (Å²) in [5.74, 6) is 3.53. The Kier molecular flexibility index (Phi) is 6.78. The van der Waals surface area contributed by atoms with E-state index in [-0.39, 0.29) is 18.6 Å². The summed E-state index contributed by atoms with van der Waals surface area (Å²) in [7, 11) is 0. The molecule has 1 aromatic carbocycles. The SMILES string of the molecule is C#CCOc1ccc(/C=C2\SC(=S)N(C[C@H]3CCCO3)C2=O)cc1OCC. The van der Waals surface area contributed by atoms with Crippen LogP contribution < -0.4 is 9.47 Å². The van der Waals surface area contributed by atoms with Crippen LogP contribution in [0.5, 0.6) is 11.5 Å². The van der Waals surface area contributed by atoms with Crippen molar-refractivity contribution in [1.29, 1.82) is 0 Å². The van der Waals surface area contributed by atoms with Crippen molar-refractivity contribution in [3.8, 4) is 23.8 Å². The second-order valence-electron chi connectivity index (χ2n) is 6.06. The van der Waals surface area contributed by atoms with Gasteiger partial charge in [0.2, 0.25) is 0 Å². The summed E-state index contributed by atoms with van der Waals surface area (Å²) in [6.45, 7) is 3.84. The molecule has 2 aliphatic rings. The molecule has 0 spiro atoms. The minimum atomic E-state index is -0.0777. The molecule has 0 bridgehead atoms. The molecule has 2 saturated heterocycles. The van der Waals surface area contributed by atoms with E-state index in [1.807, 2.05) is 25.1 Å². The Morgan fingerprint density at radius 3 is 3.00 bits per heavy atom. The summed E-state index contributed by atoms with van der Waals surface area (Å²) in [4.78, 5) is 15.0. The molecule has 0 radical (unpaired) electrons. The molecule has 1 amide bonds. The molecule has 2 aliphatic heterocycles. The lowest BCUT2D eigenvalue weighted by Crippen LogP contribution is -2.35. The zero-order valence-corrected chi connectivity index (χ0v) is 16.7. The molecule has 0 unspecified atom stereocenters. The first-order valence-electron chi connectivity index (χ1n) is 8.82. The first-order chi connectivity index (χ1) is 13.1. The fourth-order valence-electron chi connectivity index (χ4n) is 2.92. The number of nitrogens with zero attached hydrogens (tertiary/aromatic N) is 1. The fourth-order valence-corrected chi connectivity index (χ4v) is 4.20. The van der Waals surface area contributed by atoms with Crippen molar-refractivity contribution in [2.24, 2.45) is 0 Å². The van der Waals surface area contributed by atoms with Crippen LogP contribution in [0.3, 0.4) is 0 Å². The van der Waals surface area contributed by atoms with Crippen LogP contribution in [0.25, 0.3) is 6.08 Å². The van der Waals surface area contributed by atoms with E-state index in [4.69, 9.17) is 32.9 Å². The molecule has 2 fully saturated rings. The molecule has 3 rings (SSSR count). The lowest BCUT2D eigenvalue weighted by molar-refractivity contribution is -0.123. The second kappa shape index (κ2) is 9.27. The van der Waals surface area contributed by atoms with Crippen molar-refractivity contribution < 1.29 is 19.0 Å². The Bertz CT molecular complexity index is 794. The highest BCUT2D eigenvalue weighted by molar-refractivity contribution is 8.26. The molecule has 0 saturated carbocycles. The Labute approximate surface area is 169 Å². The maximum absolute atomic E-state index is 12.7. The van der Waals surface area contributed by atoms with E-state index in [2.05, 4.69) is 5.92 Å². The highest BCUT2D eigenvalue weighted by Crippen LogP contribution is 2.35. The highest BCUT2D eigenvalue weighted by Gasteiger charge is 2.34. The Morgan fingerprint density at radius 1 is 1.44 bits per heavy atom. The van der Waals surface area contributed by atoms with Gasteiger partial charge in [0.15, 0.2) is 11.5 Å². The summed E-state index contributed by atoms with van der Waals surface area (Å²) < 4.78 is 17.3. The van der Waals surface area contributed by atoms with Crippen molar-refractivity contribution in [3.05, 3.63) is 28.7 Å². The predicted octanol–water partition coefficient (Wildman–Crippen LogP) is 3.48. The van der Waals surface area contributed by atoms with Gasteiger partial charge in [-0.15, -0.1) is 6.42 Å². The van der Waals surface area contributed by atoms with Gasteiger partial charge in [0, 0.05) is 6.61 Å². The number of carbonyl (C=O) groups excluding carboxylic acids is 1. The number of amides is 1. The van der Waals surface area contributed by atoms with Crippen molar-refractivity contribution in [2.45, 2.75) is 25.9 Å². The Balaban J connectivity index is 1.77. The third kappa shape index (κ3) is 4.83. The summed E-state index contributed by atoms with van der Waals surface area (Å²) in [5.41, 5.74) is 0.837. The van der Waals surface area contributed by atoms with E-state index in [9.17, 15) is 4.79 Å². The molecule has 142 valence electrons. The van der Waals surface area contributed by atoms with Crippen molar-refractivity contribution in [2.75, 3.05) is 26.4 Å². The average Bonchev–Trinajstić information content (AvgIpc) is 3.26. The molecule has 5 nitrogen and oxygen atoms in total. The third-order valence-corrected chi connectivity index (χ3v) is 5.54. The van der Waals surface area contributed by atoms with Gasteiger partial charge in [-0.25, -0.2) is 0 Å². The topological polar surface area (TPSA) is 48.0 Å². The number of hydrogen-bond donors (Lipinski definition) is 0. The summed E-state index contributed by atoms with van der Waals surface area (Å²) >= 11 is 6.70. The van der Waals surface area contributed by atoms with Gasteiger partial charge >= 0.3 is 0 Å². The van der Waals surface area contributed by atoms with Crippen molar-refractivity contribution in [3.63, 3.8) is 0 Å². The van der Waals surface area contributed by atoms with Gasteiger partial charge in [0.05, 0.1) is 24.2 Å². The van der Waals surface area contributed by atoms with Crippen LogP contribution >= 0.6 is 24.0 Å². The van der Waals surface area contributed by atoms with Crippen molar-refractivity contribution in [1.82, 2.24) is 4.90 Å². The highest BCUT2D eigenvalue weighted by atomic mass is 32.2. The van der Waals surface area contributed by atoms with Crippen LogP contribution in [0.15, 0.2) is 23.1 Å². The van der Waals surface area contributed by atoms with Gasteiger partial charge in [-0.1, -0.05) is 36.0 Å². The third-order valence-electron chi connectivity index (χ3n) is 4.16. The van der Waals surface area contributed by atoms with Crippen LogP contribution in [0.2, 0.25) is 0 Å². The molecule has 0 aliphatic carbocycles. The normalized spacial score (nSPS) is 21.0. The minimum absolute atomic E-state index is 0.0731. The second-order valence-corrected chi connectivity index (χ2v) is 7.74. The number of rotatable bonds is 7. The number of benzene rings is 1. The molecule has 7 heteroatoms. The lowest BCUT2D eigenvalue weighted by Gasteiger charge is -2.18. The number of carbonyl (C=O) groups is 1. The number of hydrogen-bond acceptors (Lipinski definition) is 6. The van der Waals surface area contributed by atoms with Gasteiger partial charge in [-0.2, -0.15) is 0 Å². The fraction of sp³-hybridized carbons (Fsp3) is 0.400. The smallest absolute Gasteiger partial charge is 0.266 e. The van der Waals surface area contributed by atoms with Gasteiger partial charge < -0.3 is 14.2 Å². The number of ether oxygens (including phenoxy) is 3. The minimum Gasteiger partial charge on any atom is -0.490 e. The van der Waals surface area contributed by atoms with E-state index in [0.29, 0.717) is 33.9 Å². The quantitative estimate of drug-likeness (QED) is 0.395. The summed E-state index contributed by atoms with van der Waals surface area (Å²) in [6, 6.07) is 5.49. The molecule has 2 heterocycles. The lowest BCUT2D eigenvalue weighted by atomic mass is 10.1. The van der Waals surface area contributed by atoms with Crippen LogP contribution in [-0.4, -0.2) is 47.6 Å². The average molecular weight is 404 g/mol. The predicted molar refractivity (Wildman–Crippen MR) is 111 cm³/mol. The Hall–Kier alpha value is -2.01. The largest absolute Gasteiger partial charge is 0.490 e. The molecular weight excluding hydrogens is 382 g/mol. The van der Waals surface area contributed by atoms with E-state index in [1.165, 1.54) is 11.8 Å². The molecule has 27 heavy (non-hydrogen) atoms. The zero-order chi connectivity index (χ0) is 19.2. The zero-order valence-electron chi connectivity index (χ0n) is 15.1. The van der Waals surface area contributed by atoms with E-state index in [1.54, 1.807) is 11.0 Å². The standard InChI is InChI=1S/C20H21NO4S2/c1-3-9-25-16-8-7-14(11-17(16)23-4-2)12-18-19(22)21(20(26)27-18)13-15-6-5-10-24-15/h1,7-8,11-12,15H,4-6,9-10,13H2,2H3/b18-12-/t15-/m1/s1. The molecule has 0 aromatic heterocycles. The van der Waals surface area contributed by atoms with Gasteiger partial charge in [-0.3, -0.25) is 9.69 Å². The van der Waals surface area contributed by atoms with E-state index < -0.39 is 0 Å². The maximum atomic E-state index is 12.7. The summed E-state index contributed by atoms with van der Waals surface area (Å²) in [6.07, 6.45) is 9.14. The van der Waals surface area contributed by atoms with Crippen LogP contribution in [0, 0.1) is 12.3 Å². The first-order valence-corrected chi connectivity index (χ1v) is 10.0. The van der Waals surface area contributed by atoms with Crippen LogP contribution in [0.4, 0.5) is 0 Å². The number of terminal acetylenes is 1. The van der Waals surface area contributed by atoms with Gasteiger partial charge in [0.1, 0.15) is 10.9 Å². The first kappa shape index (κ1) is 19.7. The van der Waals surface area contributed by atoms with Gasteiger partial charge in [-0.05, 0) is 43.5 Å². The molecule has 1 aromatic rings. The molecular formula is C20H21NO4S2. The Morgan fingerprint density at radius 2 is 2.30 bits per heavy atom. The van der Waals surface area contributed by atoms with E-state index >= 15 is 0 Å². The van der Waals surface area contributed by atoms with Crippen LogP contribution in [-0.2, 0) is 9.53 Å². The summed E-state index contributed by atoms with van der Waals surface area (Å²) in [5, 5.41) is 0.